The molecule has 0 aliphatic heterocycles. The minimum atomic E-state index is -6.00. The molecule has 74 valence electrons. The van der Waals surface area contributed by atoms with E-state index in [9.17, 15) is 17.3 Å². The van der Waals surface area contributed by atoms with E-state index in [4.69, 9.17) is 0 Å². The molecule has 1 aromatic rings. The molecule has 0 spiro atoms. The molecule has 0 nitrogen and oxygen atoms in total. The quantitative estimate of drug-likeness (QED) is 0.290. The Morgan fingerprint density at radius 1 is 1.00 bits per heavy atom. The highest BCUT2D eigenvalue weighted by Gasteiger charge is 2.20. The molecule has 6 heteroatoms. The molecule has 0 aromatic heterocycles. The van der Waals surface area contributed by atoms with Gasteiger partial charge in [0.1, 0.15) is 6.26 Å². The lowest BCUT2D eigenvalue weighted by Crippen LogP contribution is -2.02. The second-order valence-corrected chi connectivity index (χ2v) is 3.02. The van der Waals surface area contributed by atoms with Gasteiger partial charge in [-0.3, -0.25) is 0 Å². The third-order valence-electron chi connectivity index (χ3n) is 1.01. The van der Waals surface area contributed by atoms with Crippen molar-refractivity contribution >= 4 is 19.0 Å². The van der Waals surface area contributed by atoms with Crippen LogP contribution in [0.5, 0.6) is 0 Å². The van der Waals surface area contributed by atoms with Crippen molar-refractivity contribution in [2.45, 2.75) is 4.90 Å². The van der Waals surface area contributed by atoms with Crippen LogP contribution >= 0.6 is 0 Å². The summed E-state index contributed by atoms with van der Waals surface area (Å²) in [5, 5.41) is 0. The van der Waals surface area contributed by atoms with E-state index < -0.39 is 7.25 Å². The average molecular weight is 212 g/mol. The molecule has 13 heavy (non-hydrogen) atoms. The summed E-state index contributed by atoms with van der Waals surface area (Å²) in [6.07, 6.45) is 2.13. The van der Waals surface area contributed by atoms with Crippen molar-refractivity contribution in [3.63, 3.8) is 0 Å². The van der Waals surface area contributed by atoms with Gasteiger partial charge in [0.25, 0.3) is 0 Å². The number of thiol groups is 1. The number of rotatable bonds is 1. The Bertz CT molecular complexity index is 218. The predicted octanol–water partition coefficient (Wildman–Crippen LogP) is 2.79. The first-order valence-electron chi connectivity index (χ1n) is 3.45. The maximum absolute atomic E-state index is 9.75. The van der Waals surface area contributed by atoms with Crippen molar-refractivity contribution in [1.29, 1.82) is 0 Å². The molecule has 0 amide bonds. The minimum absolute atomic E-state index is 1.35. The number of hydrogen-bond donors (Lipinski definition) is 0. The zero-order valence-electron chi connectivity index (χ0n) is 6.92. The minimum Gasteiger partial charge on any atom is -0.418 e. The summed E-state index contributed by atoms with van der Waals surface area (Å²) < 4.78 is 39.0. The Balaban J connectivity index is 0.000000252. The Kier molecular flexibility index (Phi) is 5.62. The van der Waals surface area contributed by atoms with Crippen molar-refractivity contribution < 1.29 is 17.3 Å². The fraction of sp³-hybridized carbons (Fsp3) is 0.143. The molecule has 0 atom stereocenters. The van der Waals surface area contributed by atoms with Crippen LogP contribution < -0.4 is 0 Å². The lowest BCUT2D eigenvalue weighted by molar-refractivity contribution is 0.368. The van der Waals surface area contributed by atoms with Gasteiger partial charge in [0.05, 0.1) is 0 Å². The Labute approximate surface area is 78.4 Å². The van der Waals surface area contributed by atoms with Crippen LogP contribution in [-0.2, 0) is 11.8 Å². The van der Waals surface area contributed by atoms with Crippen molar-refractivity contribution in [2.24, 2.45) is 0 Å². The number of halogens is 4. The zero-order valence-corrected chi connectivity index (χ0v) is 7.82. The lowest BCUT2D eigenvalue weighted by atomic mass is 10.3. The molecular formula is C7H9BF4S. The van der Waals surface area contributed by atoms with Gasteiger partial charge in [0, 0.05) is 11.8 Å². The second kappa shape index (κ2) is 5.91. The molecule has 0 unspecified atom stereocenters. The highest BCUT2D eigenvalue weighted by Crippen LogP contribution is 2.06. The third-order valence-corrected chi connectivity index (χ3v) is 1.83. The molecule has 0 heterocycles. The van der Waals surface area contributed by atoms with E-state index in [-0.39, 0.29) is 0 Å². The van der Waals surface area contributed by atoms with Crippen LogP contribution in [0.15, 0.2) is 35.2 Å². The van der Waals surface area contributed by atoms with E-state index in [2.05, 4.69) is 30.5 Å². The first kappa shape index (κ1) is 12.4. The average Bonchev–Trinajstić information content (AvgIpc) is 2.03. The molecule has 0 fully saturated rings. The molecule has 0 bridgehead atoms. The Morgan fingerprint density at radius 3 is 1.62 bits per heavy atom. The Hall–Kier alpha value is -0.645. The third kappa shape index (κ3) is 11.4. The molecule has 0 saturated heterocycles. The lowest BCUT2D eigenvalue weighted by Gasteiger charge is -1.94. The van der Waals surface area contributed by atoms with E-state index in [1.54, 1.807) is 0 Å². The van der Waals surface area contributed by atoms with Crippen molar-refractivity contribution in [3.8, 4) is 0 Å². The molecule has 0 aliphatic rings. The second-order valence-electron chi connectivity index (χ2n) is 2.05. The molecule has 1 aromatic carbocycles. The normalized spacial score (nSPS) is 10.2. The van der Waals surface area contributed by atoms with Crippen LogP contribution in [0.25, 0.3) is 0 Å². The summed E-state index contributed by atoms with van der Waals surface area (Å²) in [5.74, 6) is 0. The largest absolute Gasteiger partial charge is 0.673 e. The zero-order chi connectivity index (χ0) is 10.3. The van der Waals surface area contributed by atoms with E-state index in [0.717, 1.165) is 0 Å². The van der Waals surface area contributed by atoms with Gasteiger partial charge in [0.15, 0.2) is 4.90 Å². The predicted molar refractivity (Wildman–Crippen MR) is 49.6 cm³/mol. The fourth-order valence-corrected chi connectivity index (χ4v) is 1.05. The van der Waals surface area contributed by atoms with Crippen LogP contribution in [0.3, 0.4) is 0 Å². The first-order valence-corrected chi connectivity index (χ1v) is 4.80. The topological polar surface area (TPSA) is 0 Å². The molecule has 0 radical (unpaired) electrons. The molecular weight excluding hydrogens is 203 g/mol. The van der Waals surface area contributed by atoms with Gasteiger partial charge in [0.2, 0.25) is 0 Å². The SMILES string of the molecule is C[SH+]c1ccccc1.F[B-](F)(F)F. The van der Waals surface area contributed by atoms with Crippen molar-refractivity contribution in [3.05, 3.63) is 30.3 Å². The summed E-state index contributed by atoms with van der Waals surface area (Å²) in [4.78, 5) is 1.38. The van der Waals surface area contributed by atoms with E-state index in [1.807, 2.05) is 6.07 Å². The highest BCUT2D eigenvalue weighted by atomic mass is 32.2. The monoisotopic (exact) mass is 212 g/mol. The van der Waals surface area contributed by atoms with Crippen LogP contribution in [0.1, 0.15) is 0 Å². The fourth-order valence-electron chi connectivity index (χ4n) is 0.577. The summed E-state index contributed by atoms with van der Waals surface area (Å²) in [6.45, 7) is 0. The summed E-state index contributed by atoms with van der Waals surface area (Å²) in [6, 6.07) is 10.4. The van der Waals surface area contributed by atoms with E-state index in [1.165, 1.54) is 16.7 Å². The Morgan fingerprint density at radius 2 is 1.38 bits per heavy atom. The standard InChI is InChI=1S/C7H8S.BF4/c1-8-7-5-3-2-4-6-7;2-1(3,4)5/h2-6H,1H3;/q;-1/p+1. The van der Waals surface area contributed by atoms with E-state index >= 15 is 0 Å². The van der Waals surface area contributed by atoms with Gasteiger partial charge in [-0.05, 0) is 12.1 Å². The maximum atomic E-state index is 9.75. The van der Waals surface area contributed by atoms with Crippen LogP contribution in [-0.4, -0.2) is 13.5 Å². The van der Waals surface area contributed by atoms with E-state index in [0.29, 0.717) is 0 Å². The van der Waals surface area contributed by atoms with Gasteiger partial charge in [-0.1, -0.05) is 18.2 Å². The molecule has 0 aliphatic carbocycles. The van der Waals surface area contributed by atoms with Gasteiger partial charge in [-0.2, -0.15) is 0 Å². The van der Waals surface area contributed by atoms with Gasteiger partial charge >= 0.3 is 7.25 Å². The molecule has 1 rings (SSSR count). The van der Waals surface area contributed by atoms with Gasteiger partial charge in [-0.15, -0.1) is 0 Å². The van der Waals surface area contributed by atoms with Crippen molar-refractivity contribution in [1.82, 2.24) is 0 Å². The van der Waals surface area contributed by atoms with Crippen molar-refractivity contribution in [2.75, 3.05) is 6.26 Å². The van der Waals surface area contributed by atoms with Crippen LogP contribution in [0.4, 0.5) is 17.3 Å². The summed E-state index contributed by atoms with van der Waals surface area (Å²) in [5.41, 5.74) is 0. The molecule has 0 N–H and O–H groups in total. The first-order chi connectivity index (χ1) is 5.93. The van der Waals surface area contributed by atoms with Crippen LogP contribution in [0.2, 0.25) is 0 Å². The van der Waals surface area contributed by atoms with Crippen LogP contribution in [0, 0.1) is 0 Å². The van der Waals surface area contributed by atoms with Gasteiger partial charge in [-0.25, -0.2) is 0 Å². The number of hydrogen-bond acceptors (Lipinski definition) is 0. The van der Waals surface area contributed by atoms with Gasteiger partial charge < -0.3 is 17.3 Å². The maximum Gasteiger partial charge on any atom is 0.673 e. The smallest absolute Gasteiger partial charge is 0.418 e. The summed E-state index contributed by atoms with van der Waals surface area (Å²) >= 11 is 1.35. The summed E-state index contributed by atoms with van der Waals surface area (Å²) in [7, 11) is -6.00. The number of benzene rings is 1. The molecule has 0 saturated carbocycles. The highest BCUT2D eigenvalue weighted by molar-refractivity contribution is 7.77.